The number of nitrogens with one attached hydrogen (secondary N) is 1. The summed E-state index contributed by atoms with van der Waals surface area (Å²) < 4.78 is 10.6. The van der Waals surface area contributed by atoms with Crippen LogP contribution in [0, 0.1) is 10.1 Å². The molecule has 0 aliphatic rings. The lowest BCUT2D eigenvalue weighted by molar-refractivity contribution is -0.385. The number of hydrazone groups is 1. The summed E-state index contributed by atoms with van der Waals surface area (Å²) in [5.74, 6) is 0.726. The summed E-state index contributed by atoms with van der Waals surface area (Å²) in [5, 5.41) is 23.5. The van der Waals surface area contributed by atoms with E-state index in [0.29, 0.717) is 18.1 Å². The SMILES string of the molecule is CCCOc1cc(C=NNCCO)c([N+](=O)[O-])cc1OC. The zero-order valence-corrected chi connectivity index (χ0v) is 12.0. The molecule has 8 heteroatoms. The van der Waals surface area contributed by atoms with Crippen molar-refractivity contribution in [3.8, 4) is 11.5 Å². The van der Waals surface area contributed by atoms with Gasteiger partial charge in [0, 0.05) is 0 Å². The van der Waals surface area contributed by atoms with Crippen LogP contribution in [0.15, 0.2) is 17.2 Å². The van der Waals surface area contributed by atoms with E-state index in [0.717, 1.165) is 6.42 Å². The molecular formula is C13H19N3O5. The van der Waals surface area contributed by atoms with Gasteiger partial charge in [-0.05, 0) is 12.5 Å². The van der Waals surface area contributed by atoms with Gasteiger partial charge in [0.25, 0.3) is 5.69 Å². The second-order valence-electron chi connectivity index (χ2n) is 4.06. The molecule has 1 rings (SSSR count). The summed E-state index contributed by atoms with van der Waals surface area (Å²) in [6.45, 7) is 2.62. The highest BCUT2D eigenvalue weighted by Gasteiger charge is 2.18. The molecule has 0 amide bonds. The van der Waals surface area contributed by atoms with Gasteiger partial charge >= 0.3 is 0 Å². The van der Waals surface area contributed by atoms with Crippen LogP contribution in [-0.2, 0) is 0 Å². The smallest absolute Gasteiger partial charge is 0.282 e. The molecule has 0 saturated heterocycles. The largest absolute Gasteiger partial charge is 0.493 e. The number of aliphatic hydroxyl groups is 1. The molecule has 0 aromatic heterocycles. The molecule has 0 spiro atoms. The second-order valence-corrected chi connectivity index (χ2v) is 4.06. The Kier molecular flexibility index (Phi) is 6.96. The van der Waals surface area contributed by atoms with Gasteiger partial charge in [-0.3, -0.25) is 10.1 Å². The number of ether oxygens (including phenoxy) is 2. The minimum absolute atomic E-state index is 0.0765. The molecule has 0 bridgehead atoms. The summed E-state index contributed by atoms with van der Waals surface area (Å²) in [6.07, 6.45) is 2.12. The highest BCUT2D eigenvalue weighted by Crippen LogP contribution is 2.34. The molecule has 0 saturated carbocycles. The third kappa shape index (κ3) is 4.92. The Bertz CT molecular complexity index is 505. The fraction of sp³-hybridized carbons (Fsp3) is 0.462. The number of nitrogens with zero attached hydrogens (tertiary/aromatic N) is 2. The number of methoxy groups -OCH3 is 1. The predicted molar refractivity (Wildman–Crippen MR) is 78.1 cm³/mol. The molecule has 21 heavy (non-hydrogen) atoms. The number of hydrogen-bond donors (Lipinski definition) is 2. The molecule has 8 nitrogen and oxygen atoms in total. The first-order valence-electron chi connectivity index (χ1n) is 6.50. The summed E-state index contributed by atoms with van der Waals surface area (Å²) in [5.41, 5.74) is 2.72. The van der Waals surface area contributed by atoms with E-state index in [1.165, 1.54) is 25.5 Å². The molecule has 116 valence electrons. The third-order valence-electron chi connectivity index (χ3n) is 2.49. The van der Waals surface area contributed by atoms with Crippen molar-refractivity contribution in [1.82, 2.24) is 5.43 Å². The lowest BCUT2D eigenvalue weighted by atomic mass is 10.1. The van der Waals surface area contributed by atoms with Crippen LogP contribution in [0.2, 0.25) is 0 Å². The van der Waals surface area contributed by atoms with E-state index < -0.39 is 4.92 Å². The van der Waals surface area contributed by atoms with Crippen LogP contribution in [0.1, 0.15) is 18.9 Å². The van der Waals surface area contributed by atoms with Crippen LogP contribution >= 0.6 is 0 Å². The minimum atomic E-state index is -0.514. The van der Waals surface area contributed by atoms with Crippen LogP contribution in [0.3, 0.4) is 0 Å². The van der Waals surface area contributed by atoms with Crippen LogP contribution in [-0.4, -0.2) is 43.1 Å². The van der Waals surface area contributed by atoms with Crippen molar-refractivity contribution in [2.24, 2.45) is 5.10 Å². The van der Waals surface area contributed by atoms with Crippen molar-refractivity contribution < 1.29 is 19.5 Å². The molecule has 0 heterocycles. The van der Waals surface area contributed by atoms with Crippen molar-refractivity contribution in [1.29, 1.82) is 0 Å². The Morgan fingerprint density at radius 1 is 1.48 bits per heavy atom. The molecule has 0 radical (unpaired) electrons. The van der Waals surface area contributed by atoms with Crippen molar-refractivity contribution in [2.75, 3.05) is 26.9 Å². The molecule has 0 unspecified atom stereocenters. The Morgan fingerprint density at radius 3 is 2.81 bits per heavy atom. The minimum Gasteiger partial charge on any atom is -0.493 e. The van der Waals surface area contributed by atoms with E-state index in [9.17, 15) is 10.1 Å². The zero-order chi connectivity index (χ0) is 15.7. The number of nitro groups is 1. The van der Waals surface area contributed by atoms with E-state index >= 15 is 0 Å². The monoisotopic (exact) mass is 297 g/mol. The van der Waals surface area contributed by atoms with E-state index in [-0.39, 0.29) is 24.4 Å². The van der Waals surface area contributed by atoms with Crippen molar-refractivity contribution in [3.05, 3.63) is 27.8 Å². The third-order valence-corrected chi connectivity index (χ3v) is 2.49. The number of aliphatic hydroxyl groups excluding tert-OH is 1. The number of nitro benzene ring substituents is 1. The molecule has 1 aromatic carbocycles. The second kappa shape index (κ2) is 8.75. The number of hydrogen-bond acceptors (Lipinski definition) is 7. The lowest BCUT2D eigenvalue weighted by Crippen LogP contribution is -2.11. The van der Waals surface area contributed by atoms with Crippen LogP contribution in [0.5, 0.6) is 11.5 Å². The average Bonchev–Trinajstić information content (AvgIpc) is 2.49. The normalized spacial score (nSPS) is 10.6. The highest BCUT2D eigenvalue weighted by molar-refractivity contribution is 5.86. The maximum absolute atomic E-state index is 11.1. The summed E-state index contributed by atoms with van der Waals surface area (Å²) in [6, 6.07) is 2.81. The molecular weight excluding hydrogens is 278 g/mol. The van der Waals surface area contributed by atoms with Gasteiger partial charge in [-0.2, -0.15) is 5.10 Å². The fourth-order valence-corrected chi connectivity index (χ4v) is 1.54. The fourth-order valence-electron chi connectivity index (χ4n) is 1.54. The molecule has 1 aromatic rings. The van der Waals surface area contributed by atoms with Gasteiger partial charge < -0.3 is 20.0 Å². The first-order chi connectivity index (χ1) is 10.1. The lowest BCUT2D eigenvalue weighted by Gasteiger charge is -2.11. The molecule has 0 fully saturated rings. The number of benzene rings is 1. The van der Waals surface area contributed by atoms with Gasteiger partial charge in [-0.1, -0.05) is 6.92 Å². The van der Waals surface area contributed by atoms with E-state index in [4.69, 9.17) is 14.6 Å². The van der Waals surface area contributed by atoms with Gasteiger partial charge in [0.1, 0.15) is 0 Å². The van der Waals surface area contributed by atoms with Crippen molar-refractivity contribution in [3.63, 3.8) is 0 Å². The van der Waals surface area contributed by atoms with Crippen molar-refractivity contribution in [2.45, 2.75) is 13.3 Å². The maximum atomic E-state index is 11.1. The van der Waals surface area contributed by atoms with Gasteiger partial charge in [0.15, 0.2) is 11.5 Å². The summed E-state index contributed by atoms with van der Waals surface area (Å²) in [7, 11) is 1.43. The average molecular weight is 297 g/mol. The summed E-state index contributed by atoms with van der Waals surface area (Å²) in [4.78, 5) is 10.6. The maximum Gasteiger partial charge on any atom is 0.282 e. The molecule has 0 aliphatic carbocycles. The van der Waals surface area contributed by atoms with E-state index in [1.54, 1.807) is 0 Å². The van der Waals surface area contributed by atoms with Crippen molar-refractivity contribution >= 4 is 11.9 Å². The summed E-state index contributed by atoms with van der Waals surface area (Å²) >= 11 is 0. The van der Waals surface area contributed by atoms with Gasteiger partial charge in [-0.15, -0.1) is 0 Å². The predicted octanol–water partition coefficient (Wildman–Crippen LogP) is 1.31. The van der Waals surface area contributed by atoms with Crippen LogP contribution in [0.25, 0.3) is 0 Å². The Labute approximate surface area is 122 Å². The van der Waals surface area contributed by atoms with Gasteiger partial charge in [-0.25, -0.2) is 0 Å². The van der Waals surface area contributed by atoms with Gasteiger partial charge in [0.05, 0.1) is 49.6 Å². The van der Waals surface area contributed by atoms with E-state index in [2.05, 4.69) is 10.5 Å². The zero-order valence-electron chi connectivity index (χ0n) is 12.0. The van der Waals surface area contributed by atoms with Crippen LogP contribution in [0.4, 0.5) is 5.69 Å². The standard InChI is InChI=1S/C13H19N3O5/c1-3-6-21-13-7-10(9-15-14-4-5-17)11(16(18)19)8-12(13)20-2/h7-9,14,17H,3-6H2,1-2H3. The van der Waals surface area contributed by atoms with Crippen LogP contribution < -0.4 is 14.9 Å². The molecule has 0 atom stereocenters. The number of rotatable bonds is 9. The Hall–Kier alpha value is -2.35. The highest BCUT2D eigenvalue weighted by atomic mass is 16.6. The van der Waals surface area contributed by atoms with Gasteiger partial charge in [0.2, 0.25) is 0 Å². The quantitative estimate of drug-likeness (QED) is 0.308. The molecule has 0 aliphatic heterocycles. The first kappa shape index (κ1) is 16.7. The Morgan fingerprint density at radius 2 is 2.24 bits per heavy atom. The first-order valence-corrected chi connectivity index (χ1v) is 6.50. The molecule has 2 N–H and O–H groups in total. The van der Waals surface area contributed by atoms with E-state index in [1.807, 2.05) is 6.92 Å². The Balaban J connectivity index is 3.11. The topological polar surface area (TPSA) is 106 Å².